The monoisotopic (exact) mass is 388 g/mol. The number of piperidine rings is 1. The highest BCUT2D eigenvalue weighted by atomic mass is 32.2. The van der Waals surface area contributed by atoms with Gasteiger partial charge in [0.2, 0.25) is 0 Å². The number of β-amino-alcohol motifs (C(OH)–C–C–N with tert-alkyl or cyclic N) is 1. The molecule has 1 N–H and O–H groups in total. The molecule has 2 aliphatic heterocycles. The Morgan fingerprint density at radius 1 is 0.885 bits per heavy atom. The quantitative estimate of drug-likeness (QED) is 0.756. The van der Waals surface area contributed by atoms with Crippen LogP contribution in [-0.4, -0.2) is 104 Å². The Balaban J connectivity index is 1.51. The number of piperazine rings is 1. The zero-order valence-electron chi connectivity index (χ0n) is 16.7. The van der Waals surface area contributed by atoms with Crippen molar-refractivity contribution >= 4 is 10.2 Å². The van der Waals surface area contributed by atoms with Crippen molar-refractivity contribution in [3.63, 3.8) is 0 Å². The Morgan fingerprint density at radius 3 is 1.92 bits per heavy atom. The highest BCUT2D eigenvalue weighted by Crippen LogP contribution is 2.48. The third-order valence-electron chi connectivity index (χ3n) is 6.93. The molecular formula is C18H36N4O3S. The minimum Gasteiger partial charge on any atom is -0.389 e. The first-order chi connectivity index (χ1) is 12.1. The molecule has 0 atom stereocenters. The predicted octanol–water partition coefficient (Wildman–Crippen LogP) is 0.428. The lowest BCUT2D eigenvalue weighted by Crippen LogP contribution is -2.54. The zero-order valence-corrected chi connectivity index (χ0v) is 17.5. The zero-order chi connectivity index (χ0) is 19.0. The molecule has 1 aliphatic carbocycles. The maximum atomic E-state index is 12.3. The Bertz CT molecular complexity index is 569. The largest absolute Gasteiger partial charge is 0.389 e. The second-order valence-corrected chi connectivity index (χ2v) is 11.1. The van der Waals surface area contributed by atoms with E-state index >= 15 is 0 Å². The fraction of sp³-hybridized carbons (Fsp3) is 1.00. The van der Waals surface area contributed by atoms with Gasteiger partial charge in [0.1, 0.15) is 0 Å². The van der Waals surface area contributed by atoms with Gasteiger partial charge in [0.15, 0.2) is 0 Å². The highest BCUT2D eigenvalue weighted by Gasteiger charge is 2.45. The molecule has 3 fully saturated rings. The summed E-state index contributed by atoms with van der Waals surface area (Å²) < 4.78 is 27.5. The van der Waals surface area contributed by atoms with E-state index < -0.39 is 15.8 Å². The number of hydrogen-bond donors (Lipinski definition) is 1. The van der Waals surface area contributed by atoms with Crippen LogP contribution in [0.15, 0.2) is 0 Å². The Morgan fingerprint density at radius 2 is 1.42 bits per heavy atom. The molecule has 3 rings (SSSR count). The lowest BCUT2D eigenvalue weighted by Gasteiger charge is -2.49. The fourth-order valence-electron chi connectivity index (χ4n) is 4.75. The summed E-state index contributed by atoms with van der Waals surface area (Å²) in [7, 11) is 2.05. The summed E-state index contributed by atoms with van der Waals surface area (Å²) in [5, 5.41) is 11.1. The second-order valence-electron chi connectivity index (χ2n) is 8.99. The van der Waals surface area contributed by atoms with Gasteiger partial charge >= 0.3 is 0 Å². The van der Waals surface area contributed by atoms with Crippen molar-refractivity contribution in [3.8, 4) is 0 Å². The third-order valence-corrected chi connectivity index (χ3v) is 8.87. The van der Waals surface area contributed by atoms with Crippen molar-refractivity contribution in [2.24, 2.45) is 5.41 Å². The van der Waals surface area contributed by atoms with Crippen LogP contribution in [0.3, 0.4) is 0 Å². The van der Waals surface area contributed by atoms with E-state index in [1.165, 1.54) is 4.31 Å². The van der Waals surface area contributed by atoms with E-state index in [1.807, 2.05) is 0 Å². The van der Waals surface area contributed by atoms with Crippen LogP contribution in [0.5, 0.6) is 0 Å². The van der Waals surface area contributed by atoms with Crippen LogP contribution in [0.4, 0.5) is 0 Å². The number of nitrogens with zero attached hydrogens (tertiary/aromatic N) is 4. The van der Waals surface area contributed by atoms with Gasteiger partial charge in [0, 0.05) is 59.9 Å². The van der Waals surface area contributed by atoms with Gasteiger partial charge in [-0.15, -0.1) is 0 Å². The van der Waals surface area contributed by atoms with Crippen molar-refractivity contribution in [2.75, 3.05) is 67.0 Å². The molecule has 0 bridgehead atoms. The molecule has 26 heavy (non-hydrogen) atoms. The maximum absolute atomic E-state index is 12.3. The normalized spacial score (nSPS) is 28.7. The van der Waals surface area contributed by atoms with E-state index in [4.69, 9.17) is 0 Å². The minimum atomic E-state index is -3.30. The van der Waals surface area contributed by atoms with Crippen molar-refractivity contribution < 1.29 is 13.5 Å². The first-order valence-corrected chi connectivity index (χ1v) is 11.3. The van der Waals surface area contributed by atoms with E-state index in [0.717, 1.165) is 71.2 Å². The standard InChI is InChI=1S/C18H36N4O3S/c1-19(2)26(24,25)22-10-8-17(9-11-22)4-6-18(23,7-5-17)16-21-14-12-20(3)13-15-21/h23H,4-16H2,1-3H3. The van der Waals surface area contributed by atoms with Crippen LogP contribution in [-0.2, 0) is 10.2 Å². The molecule has 0 aromatic rings. The summed E-state index contributed by atoms with van der Waals surface area (Å²) in [6, 6.07) is 0. The Hall–Kier alpha value is -0.250. The summed E-state index contributed by atoms with van der Waals surface area (Å²) in [5.41, 5.74) is -0.333. The third kappa shape index (κ3) is 4.42. The molecule has 3 aliphatic rings. The molecule has 152 valence electrons. The summed E-state index contributed by atoms with van der Waals surface area (Å²) in [4.78, 5) is 4.75. The molecule has 1 spiro atoms. The molecule has 2 saturated heterocycles. The summed E-state index contributed by atoms with van der Waals surface area (Å²) in [5.74, 6) is 0. The van der Waals surface area contributed by atoms with Crippen LogP contribution >= 0.6 is 0 Å². The van der Waals surface area contributed by atoms with Crippen LogP contribution < -0.4 is 0 Å². The SMILES string of the molecule is CN1CCN(CC2(O)CCC3(CCN(S(=O)(=O)N(C)C)CC3)CC2)CC1. The highest BCUT2D eigenvalue weighted by molar-refractivity contribution is 7.86. The van der Waals surface area contributed by atoms with Crippen molar-refractivity contribution in [3.05, 3.63) is 0 Å². The van der Waals surface area contributed by atoms with Crippen LogP contribution in [0.25, 0.3) is 0 Å². The fourth-order valence-corrected chi connectivity index (χ4v) is 5.85. The van der Waals surface area contributed by atoms with E-state index in [2.05, 4.69) is 16.8 Å². The number of aliphatic hydroxyl groups is 1. The average Bonchev–Trinajstić information content (AvgIpc) is 2.61. The molecule has 1 saturated carbocycles. The van der Waals surface area contributed by atoms with Crippen molar-refractivity contribution in [1.29, 1.82) is 0 Å². The predicted molar refractivity (Wildman–Crippen MR) is 103 cm³/mol. The molecule has 0 unspecified atom stereocenters. The molecule has 0 amide bonds. The Kier molecular flexibility index (Phi) is 6.02. The van der Waals surface area contributed by atoms with Gasteiger partial charge in [-0.25, -0.2) is 0 Å². The number of hydrogen-bond acceptors (Lipinski definition) is 5. The molecule has 0 radical (unpaired) electrons. The second kappa shape index (κ2) is 7.64. The van der Waals surface area contributed by atoms with Crippen molar-refractivity contribution in [1.82, 2.24) is 18.4 Å². The smallest absolute Gasteiger partial charge is 0.281 e. The number of likely N-dealkylation sites (N-methyl/N-ethyl adjacent to an activating group) is 1. The molecule has 0 aromatic heterocycles. The first-order valence-electron chi connectivity index (χ1n) is 9.95. The molecule has 0 aromatic carbocycles. The maximum Gasteiger partial charge on any atom is 0.281 e. The summed E-state index contributed by atoms with van der Waals surface area (Å²) in [6.07, 6.45) is 5.58. The van der Waals surface area contributed by atoms with E-state index in [9.17, 15) is 13.5 Å². The molecule has 2 heterocycles. The first kappa shape index (κ1) is 20.5. The number of rotatable bonds is 4. The minimum absolute atomic E-state index is 0.229. The van der Waals surface area contributed by atoms with Crippen LogP contribution in [0.1, 0.15) is 38.5 Å². The van der Waals surface area contributed by atoms with Gasteiger partial charge in [0.05, 0.1) is 5.60 Å². The topological polar surface area (TPSA) is 67.3 Å². The summed E-state index contributed by atoms with van der Waals surface area (Å²) in [6.45, 7) is 6.25. The van der Waals surface area contributed by atoms with E-state index in [0.29, 0.717) is 13.1 Å². The lowest BCUT2D eigenvalue weighted by atomic mass is 9.64. The van der Waals surface area contributed by atoms with E-state index in [-0.39, 0.29) is 5.41 Å². The van der Waals surface area contributed by atoms with Crippen LogP contribution in [0.2, 0.25) is 0 Å². The van der Waals surface area contributed by atoms with Gasteiger partial charge in [-0.3, -0.25) is 4.90 Å². The van der Waals surface area contributed by atoms with E-state index in [1.54, 1.807) is 18.4 Å². The molecule has 7 nitrogen and oxygen atoms in total. The van der Waals surface area contributed by atoms with Gasteiger partial charge in [-0.2, -0.15) is 17.0 Å². The lowest BCUT2D eigenvalue weighted by molar-refractivity contribution is -0.0701. The van der Waals surface area contributed by atoms with Gasteiger partial charge in [-0.1, -0.05) is 0 Å². The van der Waals surface area contributed by atoms with Crippen molar-refractivity contribution in [2.45, 2.75) is 44.1 Å². The Labute approximate surface area is 159 Å². The molecular weight excluding hydrogens is 352 g/mol. The van der Waals surface area contributed by atoms with Gasteiger partial charge in [0.25, 0.3) is 10.2 Å². The molecule has 8 heteroatoms. The van der Waals surface area contributed by atoms with Gasteiger partial charge in [-0.05, 0) is 51.0 Å². The summed E-state index contributed by atoms with van der Waals surface area (Å²) >= 11 is 0. The average molecular weight is 389 g/mol. The van der Waals surface area contributed by atoms with Crippen LogP contribution in [0, 0.1) is 5.41 Å². The van der Waals surface area contributed by atoms with Gasteiger partial charge < -0.3 is 10.0 Å².